The van der Waals surface area contributed by atoms with Gasteiger partial charge >= 0.3 is 0 Å². The summed E-state index contributed by atoms with van der Waals surface area (Å²) < 4.78 is 0. The molecule has 0 bridgehead atoms. The van der Waals surface area contributed by atoms with E-state index in [0.29, 0.717) is 11.1 Å². The zero-order valence-corrected chi connectivity index (χ0v) is 8.20. The van der Waals surface area contributed by atoms with E-state index in [1.807, 2.05) is 0 Å². The molecule has 0 amide bonds. The minimum Gasteiger partial charge on any atom is -0.298 e. The molecule has 0 rings (SSSR count). The molecule has 0 fully saturated rings. The third kappa shape index (κ3) is 5.79. The van der Waals surface area contributed by atoms with Crippen LogP contribution in [0.15, 0.2) is 35.5 Å². The van der Waals surface area contributed by atoms with Gasteiger partial charge in [0.05, 0.1) is 0 Å². The number of Topliss-reactive ketones (excluding diaryl/α,β-unsaturated/α-hetero) is 1. The van der Waals surface area contributed by atoms with Gasteiger partial charge in [0.15, 0.2) is 5.78 Å². The summed E-state index contributed by atoms with van der Waals surface area (Å²) in [6.07, 6.45) is 7.67. The van der Waals surface area contributed by atoms with Crippen LogP contribution in [0.3, 0.4) is 0 Å². The van der Waals surface area contributed by atoms with Crippen LogP contribution in [-0.2, 0) is 9.59 Å². The molecule has 70 valence electrons. The second-order valence-electron chi connectivity index (χ2n) is 2.82. The maximum absolute atomic E-state index is 10.8. The van der Waals surface area contributed by atoms with Crippen LogP contribution in [0.2, 0.25) is 0 Å². The van der Waals surface area contributed by atoms with Crippen molar-refractivity contribution in [3.05, 3.63) is 35.5 Å². The van der Waals surface area contributed by atoms with Crippen LogP contribution < -0.4 is 0 Å². The average molecular weight is 178 g/mol. The van der Waals surface area contributed by atoms with Crippen molar-refractivity contribution >= 4 is 12.1 Å². The van der Waals surface area contributed by atoms with E-state index in [2.05, 4.69) is 0 Å². The van der Waals surface area contributed by atoms with E-state index in [9.17, 15) is 9.59 Å². The molecule has 0 unspecified atom stereocenters. The lowest BCUT2D eigenvalue weighted by molar-refractivity contribution is -0.113. The van der Waals surface area contributed by atoms with E-state index < -0.39 is 0 Å². The molecule has 0 saturated heterocycles. The standard InChI is InChI=1S/C11H14O2/c1-9(8-12)6-4-5-7-10(2)11(3)13/h4-8H,1-3H3. The van der Waals surface area contributed by atoms with E-state index in [-0.39, 0.29) is 5.78 Å². The summed E-state index contributed by atoms with van der Waals surface area (Å²) in [7, 11) is 0. The van der Waals surface area contributed by atoms with E-state index >= 15 is 0 Å². The topological polar surface area (TPSA) is 34.1 Å². The Hall–Kier alpha value is -1.44. The minimum atomic E-state index is 0.0562. The molecule has 0 heterocycles. The fraction of sp³-hybridized carbons (Fsp3) is 0.273. The average Bonchev–Trinajstić information content (AvgIpc) is 2.11. The van der Waals surface area contributed by atoms with Crippen molar-refractivity contribution in [1.82, 2.24) is 0 Å². The second kappa shape index (κ2) is 6.12. The largest absolute Gasteiger partial charge is 0.298 e. The first-order valence-corrected chi connectivity index (χ1v) is 4.06. The Morgan fingerprint density at radius 3 is 2.00 bits per heavy atom. The number of hydrogen-bond acceptors (Lipinski definition) is 2. The lowest BCUT2D eigenvalue weighted by atomic mass is 10.2. The van der Waals surface area contributed by atoms with Crippen molar-refractivity contribution in [3.8, 4) is 0 Å². The Bertz CT molecular complexity index is 280. The Morgan fingerprint density at radius 2 is 1.54 bits per heavy atom. The molecule has 0 atom stereocenters. The van der Waals surface area contributed by atoms with Gasteiger partial charge in [-0.05, 0) is 31.9 Å². The summed E-state index contributed by atoms with van der Waals surface area (Å²) in [6.45, 7) is 4.99. The molecule has 0 saturated carbocycles. The van der Waals surface area contributed by atoms with Gasteiger partial charge in [-0.15, -0.1) is 0 Å². The molecule has 0 spiro atoms. The van der Waals surface area contributed by atoms with E-state index in [1.54, 1.807) is 38.2 Å². The SMILES string of the molecule is CC(=O)C(C)=CC=CC=C(C)C=O. The molecule has 0 aromatic rings. The fourth-order valence-electron chi connectivity index (χ4n) is 0.564. The Balaban J connectivity index is 4.24. The van der Waals surface area contributed by atoms with Gasteiger partial charge in [0, 0.05) is 0 Å². The van der Waals surface area contributed by atoms with Crippen molar-refractivity contribution in [1.29, 1.82) is 0 Å². The molecule has 13 heavy (non-hydrogen) atoms. The smallest absolute Gasteiger partial charge is 0.155 e. The molecule has 0 radical (unpaired) electrons. The van der Waals surface area contributed by atoms with Crippen LogP contribution in [0.25, 0.3) is 0 Å². The van der Waals surface area contributed by atoms with Gasteiger partial charge in [-0.2, -0.15) is 0 Å². The van der Waals surface area contributed by atoms with E-state index in [4.69, 9.17) is 0 Å². The Kier molecular flexibility index (Phi) is 5.44. The summed E-state index contributed by atoms with van der Waals surface area (Å²) in [6, 6.07) is 0. The van der Waals surface area contributed by atoms with Crippen LogP contribution in [0.5, 0.6) is 0 Å². The first-order chi connectivity index (χ1) is 6.07. The number of allylic oxidation sites excluding steroid dienone is 6. The number of aldehydes is 1. The zero-order chi connectivity index (χ0) is 10.3. The molecule has 0 aromatic carbocycles. The number of ketones is 1. The molecular formula is C11H14O2. The highest BCUT2D eigenvalue weighted by molar-refractivity contribution is 5.92. The first kappa shape index (κ1) is 11.6. The predicted molar refractivity (Wildman–Crippen MR) is 53.4 cm³/mol. The third-order valence-corrected chi connectivity index (χ3v) is 1.56. The summed E-state index contributed by atoms with van der Waals surface area (Å²) in [5, 5.41) is 0. The lowest BCUT2D eigenvalue weighted by Gasteiger charge is -1.88. The molecule has 0 N–H and O–H groups in total. The van der Waals surface area contributed by atoms with Crippen LogP contribution in [0.4, 0.5) is 0 Å². The van der Waals surface area contributed by atoms with Gasteiger partial charge in [-0.25, -0.2) is 0 Å². The third-order valence-electron chi connectivity index (χ3n) is 1.56. The molecule has 0 aliphatic carbocycles. The number of carbonyl (C=O) groups excluding carboxylic acids is 2. The van der Waals surface area contributed by atoms with Crippen LogP contribution in [0.1, 0.15) is 20.8 Å². The molecule has 0 aliphatic heterocycles. The van der Waals surface area contributed by atoms with E-state index in [0.717, 1.165) is 6.29 Å². The molecule has 2 nitrogen and oxygen atoms in total. The van der Waals surface area contributed by atoms with Crippen molar-refractivity contribution in [3.63, 3.8) is 0 Å². The monoisotopic (exact) mass is 178 g/mol. The van der Waals surface area contributed by atoms with Crippen LogP contribution in [0, 0.1) is 0 Å². The summed E-state index contributed by atoms with van der Waals surface area (Å²) >= 11 is 0. The summed E-state index contributed by atoms with van der Waals surface area (Å²) in [5.41, 5.74) is 1.36. The number of rotatable bonds is 4. The van der Waals surface area contributed by atoms with Gasteiger partial charge < -0.3 is 0 Å². The maximum Gasteiger partial charge on any atom is 0.155 e. The maximum atomic E-state index is 10.8. The van der Waals surface area contributed by atoms with Gasteiger partial charge in [0.2, 0.25) is 0 Å². The normalized spacial score (nSPS) is 13.5. The van der Waals surface area contributed by atoms with Gasteiger partial charge in [0.25, 0.3) is 0 Å². The molecule has 0 aliphatic rings. The van der Waals surface area contributed by atoms with Crippen molar-refractivity contribution < 1.29 is 9.59 Å². The zero-order valence-electron chi connectivity index (χ0n) is 8.20. The first-order valence-electron chi connectivity index (χ1n) is 4.06. The fourth-order valence-corrected chi connectivity index (χ4v) is 0.564. The quantitative estimate of drug-likeness (QED) is 0.376. The lowest BCUT2D eigenvalue weighted by Crippen LogP contribution is -1.89. The minimum absolute atomic E-state index is 0.0562. The highest BCUT2D eigenvalue weighted by Crippen LogP contribution is 1.95. The van der Waals surface area contributed by atoms with Crippen molar-refractivity contribution in [2.75, 3.05) is 0 Å². The van der Waals surface area contributed by atoms with Crippen molar-refractivity contribution in [2.45, 2.75) is 20.8 Å². The van der Waals surface area contributed by atoms with Crippen LogP contribution >= 0.6 is 0 Å². The van der Waals surface area contributed by atoms with Gasteiger partial charge in [0.1, 0.15) is 6.29 Å². The van der Waals surface area contributed by atoms with Gasteiger partial charge in [-0.1, -0.05) is 24.3 Å². The predicted octanol–water partition coefficient (Wildman–Crippen LogP) is 2.22. The molecule has 0 aromatic heterocycles. The second-order valence-corrected chi connectivity index (χ2v) is 2.82. The Labute approximate surface area is 78.6 Å². The number of carbonyl (C=O) groups is 2. The van der Waals surface area contributed by atoms with Crippen LogP contribution in [-0.4, -0.2) is 12.1 Å². The highest BCUT2D eigenvalue weighted by atomic mass is 16.1. The summed E-state index contributed by atoms with van der Waals surface area (Å²) in [4.78, 5) is 20.9. The Morgan fingerprint density at radius 1 is 1.00 bits per heavy atom. The molecular weight excluding hydrogens is 164 g/mol. The van der Waals surface area contributed by atoms with E-state index in [1.165, 1.54) is 6.92 Å². The summed E-state index contributed by atoms with van der Waals surface area (Å²) in [5.74, 6) is 0.0562. The molecule has 2 heteroatoms. The number of hydrogen-bond donors (Lipinski definition) is 0. The van der Waals surface area contributed by atoms with Crippen molar-refractivity contribution in [2.24, 2.45) is 0 Å². The van der Waals surface area contributed by atoms with Gasteiger partial charge in [-0.3, -0.25) is 9.59 Å². The highest BCUT2D eigenvalue weighted by Gasteiger charge is 1.90.